The van der Waals surface area contributed by atoms with Crippen LogP contribution in [0.2, 0.25) is 0 Å². The zero-order valence-corrected chi connectivity index (χ0v) is 13.4. The number of nitrogens with zero attached hydrogens (tertiary/aromatic N) is 1. The largest absolute Gasteiger partial charge is 0.501 e. The van der Waals surface area contributed by atoms with E-state index in [1.807, 2.05) is 0 Å². The highest BCUT2D eigenvalue weighted by Gasteiger charge is 2.48. The van der Waals surface area contributed by atoms with E-state index in [-0.39, 0.29) is 24.1 Å². The van der Waals surface area contributed by atoms with Gasteiger partial charge in [0.05, 0.1) is 24.1 Å². The first-order chi connectivity index (χ1) is 12.0. The van der Waals surface area contributed by atoms with Crippen molar-refractivity contribution in [1.82, 2.24) is 4.98 Å². The molecule has 0 atom stereocenters. The van der Waals surface area contributed by atoms with Crippen LogP contribution >= 0.6 is 0 Å². The molecule has 0 radical (unpaired) electrons. The van der Waals surface area contributed by atoms with Gasteiger partial charge in [-0.15, -0.1) is 0 Å². The number of alkyl halides is 5. The van der Waals surface area contributed by atoms with Gasteiger partial charge in [0, 0.05) is 0 Å². The maximum atomic E-state index is 13.2. The van der Waals surface area contributed by atoms with Gasteiger partial charge in [0.15, 0.2) is 0 Å². The van der Waals surface area contributed by atoms with Crippen molar-refractivity contribution in [3.05, 3.63) is 48.0 Å². The Balaban J connectivity index is 2.23. The molecule has 0 aliphatic carbocycles. The first kappa shape index (κ1) is 19.8. The number of hydrogen-bond donors (Lipinski definition) is 1. The summed E-state index contributed by atoms with van der Waals surface area (Å²) in [7, 11) is -5.78. The number of nitrogens with one attached hydrogen (secondary N) is 1. The first-order valence-corrected chi connectivity index (χ1v) is 8.23. The van der Waals surface area contributed by atoms with Gasteiger partial charge in [0.1, 0.15) is 16.5 Å². The second-order valence-electron chi connectivity index (χ2n) is 4.81. The van der Waals surface area contributed by atoms with E-state index in [0.29, 0.717) is 0 Å². The number of anilines is 1. The van der Waals surface area contributed by atoms with Crippen LogP contribution in [0.25, 0.3) is 0 Å². The van der Waals surface area contributed by atoms with Crippen LogP contribution in [0, 0.1) is 5.82 Å². The molecule has 0 spiro atoms. The quantitative estimate of drug-likeness (QED) is 0.749. The molecule has 0 unspecified atom stereocenters. The number of benzene rings is 1. The molecule has 0 bridgehead atoms. The molecule has 1 aromatic carbocycles. The third-order valence-electron chi connectivity index (χ3n) is 3.02. The Bertz CT molecular complexity index is 869. The molecule has 1 N–H and O–H groups in total. The van der Waals surface area contributed by atoms with Crippen molar-refractivity contribution in [2.75, 3.05) is 5.32 Å². The fraction of sp³-hybridized carbons (Fsp3) is 0.214. The van der Waals surface area contributed by atoms with Gasteiger partial charge in [-0.3, -0.25) is 4.98 Å². The van der Waals surface area contributed by atoms with Crippen LogP contribution in [-0.4, -0.2) is 25.5 Å². The molecular weight excluding hydrogens is 390 g/mol. The monoisotopic (exact) mass is 400 g/mol. The SMILES string of the molecule is O=S(=O)(c1cc(F)ccc1NCc1ccc(OC(F)F)cn1)C(F)(F)F. The zero-order valence-electron chi connectivity index (χ0n) is 12.6. The maximum Gasteiger partial charge on any atom is 0.501 e. The minimum Gasteiger partial charge on any atom is -0.433 e. The number of halogens is 6. The molecule has 142 valence electrons. The molecule has 0 saturated carbocycles. The molecule has 0 saturated heterocycles. The van der Waals surface area contributed by atoms with Gasteiger partial charge in [0.25, 0.3) is 9.84 Å². The Labute approximate surface area is 143 Å². The number of aromatic nitrogens is 1. The maximum absolute atomic E-state index is 13.2. The van der Waals surface area contributed by atoms with E-state index in [1.54, 1.807) is 0 Å². The average Bonchev–Trinajstić information content (AvgIpc) is 2.53. The predicted octanol–water partition coefficient (Wildman–Crippen LogP) is 3.73. The summed E-state index contributed by atoms with van der Waals surface area (Å²) in [6.45, 7) is -3.30. The lowest BCUT2D eigenvalue weighted by Gasteiger charge is -2.14. The molecular formula is C14H10F6N2O3S. The predicted molar refractivity (Wildman–Crippen MR) is 77.8 cm³/mol. The van der Waals surface area contributed by atoms with Crippen molar-refractivity contribution < 1.29 is 39.5 Å². The summed E-state index contributed by atoms with van der Waals surface area (Å²) in [6.07, 6.45) is 0.960. The van der Waals surface area contributed by atoms with Gasteiger partial charge in [-0.1, -0.05) is 0 Å². The van der Waals surface area contributed by atoms with Crippen molar-refractivity contribution in [3.8, 4) is 5.75 Å². The molecule has 0 fully saturated rings. The molecule has 2 rings (SSSR count). The first-order valence-electron chi connectivity index (χ1n) is 6.75. The van der Waals surface area contributed by atoms with E-state index in [2.05, 4.69) is 15.0 Å². The summed E-state index contributed by atoms with van der Waals surface area (Å²) < 4.78 is 103. The minimum atomic E-state index is -5.78. The molecule has 0 aliphatic rings. The smallest absolute Gasteiger partial charge is 0.433 e. The van der Waals surface area contributed by atoms with Crippen molar-refractivity contribution in [2.24, 2.45) is 0 Å². The Hall–Kier alpha value is -2.50. The lowest BCUT2D eigenvalue weighted by atomic mass is 10.3. The summed E-state index contributed by atoms with van der Waals surface area (Å²) in [5, 5.41) is 2.40. The third kappa shape index (κ3) is 4.56. The van der Waals surface area contributed by atoms with E-state index < -0.39 is 38.4 Å². The fourth-order valence-corrected chi connectivity index (χ4v) is 2.81. The van der Waals surface area contributed by atoms with Crippen LogP contribution in [0.3, 0.4) is 0 Å². The Kier molecular flexibility index (Phi) is 5.64. The summed E-state index contributed by atoms with van der Waals surface area (Å²) in [5.41, 5.74) is -5.91. The summed E-state index contributed by atoms with van der Waals surface area (Å²) in [5.74, 6) is -1.39. The van der Waals surface area contributed by atoms with E-state index >= 15 is 0 Å². The lowest BCUT2D eigenvalue weighted by molar-refractivity contribution is -0.0501. The average molecular weight is 400 g/mol. The van der Waals surface area contributed by atoms with Gasteiger partial charge in [-0.05, 0) is 30.3 Å². The van der Waals surface area contributed by atoms with Gasteiger partial charge in [0.2, 0.25) is 0 Å². The van der Waals surface area contributed by atoms with E-state index in [1.165, 1.54) is 6.07 Å². The second-order valence-corrected chi connectivity index (χ2v) is 6.72. The molecule has 0 amide bonds. The second kappa shape index (κ2) is 7.40. The number of pyridine rings is 1. The lowest BCUT2D eigenvalue weighted by Crippen LogP contribution is -2.24. The Morgan fingerprint density at radius 3 is 2.38 bits per heavy atom. The number of sulfone groups is 1. The number of rotatable bonds is 6. The van der Waals surface area contributed by atoms with E-state index in [4.69, 9.17) is 0 Å². The van der Waals surface area contributed by atoms with Crippen molar-refractivity contribution in [2.45, 2.75) is 23.6 Å². The topological polar surface area (TPSA) is 68.3 Å². The fourth-order valence-electron chi connectivity index (χ4n) is 1.86. The van der Waals surface area contributed by atoms with E-state index in [0.717, 1.165) is 24.4 Å². The molecule has 1 heterocycles. The number of hydrogen-bond acceptors (Lipinski definition) is 5. The summed E-state index contributed by atoms with van der Waals surface area (Å²) in [4.78, 5) is 2.46. The molecule has 0 aliphatic heterocycles. The zero-order chi connectivity index (χ0) is 19.5. The van der Waals surface area contributed by atoms with Crippen LogP contribution < -0.4 is 10.1 Å². The molecule has 12 heteroatoms. The van der Waals surface area contributed by atoms with Crippen LogP contribution in [-0.2, 0) is 16.4 Å². The summed E-state index contributed by atoms with van der Waals surface area (Å²) in [6, 6.07) is 4.26. The molecule has 2 aromatic rings. The van der Waals surface area contributed by atoms with Crippen LogP contribution in [0.15, 0.2) is 41.4 Å². The van der Waals surface area contributed by atoms with E-state index in [9.17, 15) is 34.8 Å². The summed E-state index contributed by atoms with van der Waals surface area (Å²) >= 11 is 0. The highest BCUT2D eigenvalue weighted by atomic mass is 32.2. The van der Waals surface area contributed by atoms with Crippen LogP contribution in [0.1, 0.15) is 5.69 Å². The molecule has 1 aromatic heterocycles. The van der Waals surface area contributed by atoms with Gasteiger partial charge >= 0.3 is 12.1 Å². The highest BCUT2D eigenvalue weighted by Crippen LogP contribution is 2.35. The Morgan fingerprint density at radius 1 is 1.15 bits per heavy atom. The van der Waals surface area contributed by atoms with Gasteiger partial charge in [-0.25, -0.2) is 12.8 Å². The van der Waals surface area contributed by atoms with Crippen molar-refractivity contribution in [1.29, 1.82) is 0 Å². The Morgan fingerprint density at radius 2 is 1.85 bits per heavy atom. The standard InChI is InChI=1S/C14H10F6N2O3S/c15-8-1-4-11(12(5-8)26(23,24)14(18,19)20)22-6-9-2-3-10(7-21-9)25-13(16)17/h1-5,7,13,22H,6H2. The number of ether oxygens (including phenoxy) is 1. The van der Waals surface area contributed by atoms with Gasteiger partial charge < -0.3 is 10.1 Å². The van der Waals surface area contributed by atoms with Gasteiger partial charge in [-0.2, -0.15) is 22.0 Å². The van der Waals surface area contributed by atoms with Crippen LogP contribution in [0.5, 0.6) is 5.75 Å². The van der Waals surface area contributed by atoms with Crippen LogP contribution in [0.4, 0.5) is 32.0 Å². The molecule has 5 nitrogen and oxygen atoms in total. The highest BCUT2D eigenvalue weighted by molar-refractivity contribution is 7.92. The minimum absolute atomic E-state index is 0.186. The van der Waals surface area contributed by atoms with Crippen molar-refractivity contribution in [3.63, 3.8) is 0 Å². The molecule has 26 heavy (non-hydrogen) atoms. The third-order valence-corrected chi connectivity index (χ3v) is 4.55. The normalized spacial score (nSPS) is 12.3. The van der Waals surface area contributed by atoms with Crippen molar-refractivity contribution >= 4 is 15.5 Å².